The van der Waals surface area contributed by atoms with Gasteiger partial charge >= 0.3 is 0 Å². The molecule has 2 rings (SSSR count). The Morgan fingerprint density at radius 3 is 2.38 bits per heavy atom. The van der Waals surface area contributed by atoms with Crippen LogP contribution in [0.2, 0.25) is 10.0 Å². The number of hydrogen-bond donors (Lipinski definition) is 2. The van der Waals surface area contributed by atoms with Gasteiger partial charge in [0.15, 0.2) is 6.10 Å². The van der Waals surface area contributed by atoms with Crippen LogP contribution >= 0.6 is 23.2 Å². The molecule has 1 atom stereocenters. The van der Waals surface area contributed by atoms with Gasteiger partial charge in [0.25, 0.3) is 5.91 Å². The summed E-state index contributed by atoms with van der Waals surface area (Å²) in [6.07, 6.45) is 1.11. The number of benzene rings is 1. The van der Waals surface area contributed by atoms with E-state index in [0.29, 0.717) is 15.8 Å². The molecule has 1 fully saturated rings. The summed E-state index contributed by atoms with van der Waals surface area (Å²) >= 11 is 12.0. The summed E-state index contributed by atoms with van der Waals surface area (Å²) in [4.78, 5) is 12.5. The first-order valence-electron chi connectivity index (χ1n) is 8.19. The van der Waals surface area contributed by atoms with Crippen molar-refractivity contribution in [1.82, 2.24) is 10.6 Å². The molecule has 24 heavy (non-hydrogen) atoms. The molecule has 0 radical (unpaired) electrons. The first kappa shape index (κ1) is 19.4. The summed E-state index contributed by atoms with van der Waals surface area (Å²) < 4.78 is 5.69. The molecule has 1 heterocycles. The van der Waals surface area contributed by atoms with Crippen molar-refractivity contribution in [2.75, 3.05) is 0 Å². The Hall–Kier alpha value is -0.970. The highest BCUT2D eigenvalue weighted by Gasteiger charge is 2.38. The molecule has 0 unspecified atom stereocenters. The zero-order valence-electron chi connectivity index (χ0n) is 14.9. The molecule has 134 valence electrons. The summed E-state index contributed by atoms with van der Waals surface area (Å²) in [5, 5.41) is 7.64. The molecule has 1 aromatic carbocycles. The molecule has 0 spiro atoms. The van der Waals surface area contributed by atoms with E-state index in [4.69, 9.17) is 27.9 Å². The van der Waals surface area contributed by atoms with E-state index in [9.17, 15) is 4.79 Å². The zero-order chi connectivity index (χ0) is 18.1. The van der Waals surface area contributed by atoms with Crippen molar-refractivity contribution in [2.45, 2.75) is 70.7 Å². The van der Waals surface area contributed by atoms with Gasteiger partial charge < -0.3 is 15.4 Å². The Bertz CT molecular complexity index is 601. The highest BCUT2D eigenvalue weighted by Crippen LogP contribution is 2.30. The van der Waals surface area contributed by atoms with Gasteiger partial charge in [-0.2, -0.15) is 0 Å². The predicted octanol–water partition coefficient (Wildman–Crippen LogP) is 4.19. The third-order valence-electron chi connectivity index (χ3n) is 4.10. The first-order valence-corrected chi connectivity index (χ1v) is 8.94. The molecule has 1 aromatic rings. The van der Waals surface area contributed by atoms with Gasteiger partial charge in [0.05, 0.1) is 5.02 Å². The van der Waals surface area contributed by atoms with Crippen LogP contribution in [0.5, 0.6) is 5.75 Å². The molecule has 0 bridgehead atoms. The number of ether oxygens (including phenoxy) is 1. The summed E-state index contributed by atoms with van der Waals surface area (Å²) in [5.74, 6) is 0.314. The zero-order valence-corrected chi connectivity index (χ0v) is 16.4. The van der Waals surface area contributed by atoms with Crippen LogP contribution < -0.4 is 15.4 Å². The van der Waals surface area contributed by atoms with Crippen molar-refractivity contribution < 1.29 is 9.53 Å². The number of rotatable bonds is 4. The molecular weight excluding hydrogens is 347 g/mol. The maximum absolute atomic E-state index is 12.5. The van der Waals surface area contributed by atoms with E-state index in [0.717, 1.165) is 12.8 Å². The van der Waals surface area contributed by atoms with Crippen molar-refractivity contribution in [3.8, 4) is 5.75 Å². The molecule has 4 nitrogen and oxygen atoms in total. The van der Waals surface area contributed by atoms with Gasteiger partial charge in [-0.1, -0.05) is 23.2 Å². The number of carbonyl (C=O) groups is 1. The average molecular weight is 373 g/mol. The van der Waals surface area contributed by atoms with Crippen molar-refractivity contribution in [3.63, 3.8) is 0 Å². The van der Waals surface area contributed by atoms with Gasteiger partial charge in [-0.3, -0.25) is 4.79 Å². The molecule has 0 aliphatic carbocycles. The SMILES string of the molecule is C[C@H](Oc1ccc(Cl)cc1Cl)C(=O)NC1CC(C)(C)NC(C)(C)C1. The number of carbonyl (C=O) groups excluding carboxylic acids is 1. The second-order valence-electron chi connectivity index (χ2n) is 7.84. The molecule has 1 aliphatic heterocycles. The summed E-state index contributed by atoms with van der Waals surface area (Å²) in [6.45, 7) is 10.3. The van der Waals surface area contributed by atoms with E-state index in [2.05, 4.69) is 38.3 Å². The molecule has 1 saturated heterocycles. The van der Waals surface area contributed by atoms with Crippen LogP contribution in [0.4, 0.5) is 0 Å². The van der Waals surface area contributed by atoms with E-state index in [1.807, 2.05) is 0 Å². The van der Waals surface area contributed by atoms with Crippen molar-refractivity contribution in [2.24, 2.45) is 0 Å². The fraction of sp³-hybridized carbons (Fsp3) is 0.611. The van der Waals surface area contributed by atoms with Crippen LogP contribution in [0.3, 0.4) is 0 Å². The number of piperidine rings is 1. The topological polar surface area (TPSA) is 50.4 Å². The monoisotopic (exact) mass is 372 g/mol. The van der Waals surface area contributed by atoms with Crippen molar-refractivity contribution in [3.05, 3.63) is 28.2 Å². The predicted molar refractivity (Wildman–Crippen MR) is 99.0 cm³/mol. The van der Waals surface area contributed by atoms with Crippen LogP contribution in [0.1, 0.15) is 47.5 Å². The smallest absolute Gasteiger partial charge is 0.260 e. The first-order chi connectivity index (χ1) is 11.0. The summed E-state index contributed by atoms with van der Waals surface area (Å²) in [5.41, 5.74) is -0.0490. The van der Waals surface area contributed by atoms with Crippen LogP contribution in [-0.2, 0) is 4.79 Å². The Morgan fingerprint density at radius 2 is 1.83 bits per heavy atom. The molecular formula is C18H26Cl2N2O2. The van der Waals surface area contributed by atoms with Crippen LogP contribution in [-0.4, -0.2) is 29.1 Å². The van der Waals surface area contributed by atoms with Crippen molar-refractivity contribution in [1.29, 1.82) is 0 Å². The van der Waals surface area contributed by atoms with Gasteiger partial charge in [-0.05, 0) is 65.7 Å². The highest BCUT2D eigenvalue weighted by molar-refractivity contribution is 6.35. The Balaban J connectivity index is 1.98. The van der Waals surface area contributed by atoms with Crippen LogP contribution in [0.15, 0.2) is 18.2 Å². The molecule has 0 aromatic heterocycles. The number of nitrogens with one attached hydrogen (secondary N) is 2. The highest BCUT2D eigenvalue weighted by atomic mass is 35.5. The van der Waals surface area contributed by atoms with E-state index in [1.54, 1.807) is 25.1 Å². The maximum Gasteiger partial charge on any atom is 0.260 e. The van der Waals surface area contributed by atoms with E-state index >= 15 is 0 Å². The standard InChI is InChI=1S/C18H26Cl2N2O2/c1-11(24-15-7-6-12(19)8-14(15)20)16(23)21-13-9-17(2,3)22-18(4,5)10-13/h6-8,11,13,22H,9-10H2,1-5H3,(H,21,23)/t11-/m0/s1. The maximum atomic E-state index is 12.5. The molecule has 0 saturated carbocycles. The minimum absolute atomic E-state index is 0.0245. The third-order valence-corrected chi connectivity index (χ3v) is 4.63. The lowest BCUT2D eigenvalue weighted by Gasteiger charge is -2.46. The second-order valence-corrected chi connectivity index (χ2v) is 8.68. The number of hydrogen-bond acceptors (Lipinski definition) is 3. The quantitative estimate of drug-likeness (QED) is 0.832. The van der Waals surface area contributed by atoms with E-state index in [-0.39, 0.29) is 23.0 Å². The lowest BCUT2D eigenvalue weighted by Crippen LogP contribution is -2.62. The Morgan fingerprint density at radius 1 is 1.25 bits per heavy atom. The fourth-order valence-corrected chi connectivity index (χ4v) is 4.01. The Labute approximate surface area is 154 Å². The van der Waals surface area contributed by atoms with Gasteiger partial charge in [0.1, 0.15) is 5.75 Å². The normalized spacial score (nSPS) is 21.1. The van der Waals surface area contributed by atoms with E-state index < -0.39 is 6.10 Å². The van der Waals surface area contributed by atoms with Gasteiger partial charge in [-0.25, -0.2) is 0 Å². The molecule has 2 N–H and O–H groups in total. The minimum atomic E-state index is -0.634. The number of amides is 1. The fourth-order valence-electron chi connectivity index (χ4n) is 3.56. The second kappa shape index (κ2) is 7.11. The summed E-state index contributed by atoms with van der Waals surface area (Å²) in [7, 11) is 0. The minimum Gasteiger partial charge on any atom is -0.479 e. The van der Waals surface area contributed by atoms with Crippen LogP contribution in [0.25, 0.3) is 0 Å². The molecule has 1 amide bonds. The van der Waals surface area contributed by atoms with E-state index in [1.165, 1.54) is 0 Å². The molecule has 1 aliphatic rings. The van der Waals surface area contributed by atoms with Crippen LogP contribution in [0, 0.1) is 0 Å². The van der Waals surface area contributed by atoms with Gasteiger partial charge in [0, 0.05) is 22.1 Å². The molecule has 6 heteroatoms. The average Bonchev–Trinajstić information content (AvgIpc) is 2.38. The lowest BCUT2D eigenvalue weighted by atomic mass is 9.79. The lowest BCUT2D eigenvalue weighted by molar-refractivity contribution is -0.128. The largest absolute Gasteiger partial charge is 0.479 e. The van der Waals surface area contributed by atoms with Crippen molar-refractivity contribution >= 4 is 29.1 Å². The number of halogens is 2. The summed E-state index contributed by atoms with van der Waals surface area (Å²) in [6, 6.07) is 5.06. The Kier molecular flexibility index (Phi) is 5.73. The van der Waals surface area contributed by atoms with Gasteiger partial charge in [0.2, 0.25) is 0 Å². The third kappa shape index (κ3) is 5.27. The van der Waals surface area contributed by atoms with Gasteiger partial charge in [-0.15, -0.1) is 0 Å².